The molecule has 0 saturated carbocycles. The minimum Gasteiger partial charge on any atom is -0.354 e. The van der Waals surface area contributed by atoms with Gasteiger partial charge in [-0.15, -0.1) is 0 Å². The Morgan fingerprint density at radius 1 is 0.809 bits per heavy atom. The van der Waals surface area contributed by atoms with E-state index in [1.165, 1.54) is 17.0 Å². The van der Waals surface area contributed by atoms with Crippen molar-refractivity contribution in [3.63, 3.8) is 0 Å². The molecular formula is C37H41Cl2N3O4S. The van der Waals surface area contributed by atoms with Crippen LogP contribution < -0.4 is 9.62 Å². The van der Waals surface area contributed by atoms with Crippen LogP contribution in [-0.4, -0.2) is 44.3 Å². The molecule has 0 heterocycles. The molecule has 4 aromatic carbocycles. The van der Waals surface area contributed by atoms with Crippen LogP contribution in [0.5, 0.6) is 0 Å². The number of anilines is 1. The van der Waals surface area contributed by atoms with Crippen LogP contribution >= 0.6 is 23.2 Å². The molecule has 0 aliphatic heterocycles. The Labute approximate surface area is 288 Å². The summed E-state index contributed by atoms with van der Waals surface area (Å²) in [6.07, 6.45) is 1.84. The smallest absolute Gasteiger partial charge is 0.264 e. The zero-order valence-corrected chi connectivity index (χ0v) is 29.5. The fraction of sp³-hybridized carbons (Fsp3) is 0.297. The highest BCUT2D eigenvalue weighted by Gasteiger charge is 2.35. The number of aryl methyl sites for hydroxylation is 3. The van der Waals surface area contributed by atoms with Gasteiger partial charge in [0.05, 0.1) is 10.6 Å². The van der Waals surface area contributed by atoms with E-state index in [1.54, 1.807) is 42.5 Å². The normalized spacial score (nSPS) is 12.0. The number of hydrogen-bond donors (Lipinski definition) is 1. The van der Waals surface area contributed by atoms with E-state index in [-0.39, 0.29) is 23.8 Å². The molecule has 0 bridgehead atoms. The molecule has 0 aliphatic carbocycles. The molecule has 1 N–H and O–H groups in total. The van der Waals surface area contributed by atoms with Crippen LogP contribution in [0.3, 0.4) is 0 Å². The maximum Gasteiger partial charge on any atom is 0.264 e. The maximum absolute atomic E-state index is 14.7. The molecular weight excluding hydrogens is 653 g/mol. The van der Waals surface area contributed by atoms with Gasteiger partial charge in [-0.3, -0.25) is 13.9 Å². The summed E-state index contributed by atoms with van der Waals surface area (Å²) in [5.41, 5.74) is 4.23. The summed E-state index contributed by atoms with van der Waals surface area (Å²) < 4.78 is 29.7. The van der Waals surface area contributed by atoms with Crippen molar-refractivity contribution >= 4 is 50.7 Å². The monoisotopic (exact) mass is 693 g/mol. The second-order valence-electron chi connectivity index (χ2n) is 11.7. The fourth-order valence-corrected chi connectivity index (χ4v) is 7.29. The van der Waals surface area contributed by atoms with Crippen molar-refractivity contribution in [2.75, 3.05) is 17.4 Å². The van der Waals surface area contributed by atoms with Gasteiger partial charge < -0.3 is 10.2 Å². The standard InChI is InChI=1S/C37H41Cl2N3O4S/c1-5-6-19-40-37(44)35(23-29-11-8-7-9-12-29)41(24-32-33(38)13-10-14-34(32)39)36(43)25-42(30-21-27(3)20-28(4)22-30)47(45,46)31-17-15-26(2)16-18-31/h7-18,20-22,35H,5-6,19,23-25H2,1-4H3,(H,40,44). The van der Waals surface area contributed by atoms with Crippen molar-refractivity contribution in [3.05, 3.63) is 129 Å². The van der Waals surface area contributed by atoms with E-state index < -0.39 is 28.5 Å². The number of carbonyl (C=O) groups excluding carboxylic acids is 2. The number of unbranched alkanes of at least 4 members (excludes halogenated alkanes) is 1. The van der Waals surface area contributed by atoms with Crippen LogP contribution in [0, 0.1) is 20.8 Å². The van der Waals surface area contributed by atoms with Gasteiger partial charge in [0, 0.05) is 35.1 Å². The molecule has 10 heteroatoms. The summed E-state index contributed by atoms with van der Waals surface area (Å²) >= 11 is 13.2. The van der Waals surface area contributed by atoms with Gasteiger partial charge >= 0.3 is 0 Å². The number of carbonyl (C=O) groups is 2. The summed E-state index contributed by atoms with van der Waals surface area (Å²) in [4.78, 5) is 30.1. The van der Waals surface area contributed by atoms with Crippen molar-refractivity contribution in [2.24, 2.45) is 0 Å². The Morgan fingerprint density at radius 3 is 2.02 bits per heavy atom. The summed E-state index contributed by atoms with van der Waals surface area (Å²) in [5, 5.41) is 3.65. The van der Waals surface area contributed by atoms with Gasteiger partial charge in [-0.25, -0.2) is 8.42 Å². The van der Waals surface area contributed by atoms with Gasteiger partial charge in [0.15, 0.2) is 0 Å². The summed E-state index contributed by atoms with van der Waals surface area (Å²) in [6, 6.07) is 25.4. The Kier molecular flexibility index (Phi) is 12.5. The first-order chi connectivity index (χ1) is 22.4. The summed E-state index contributed by atoms with van der Waals surface area (Å²) in [7, 11) is -4.21. The molecule has 0 aromatic heterocycles. The number of hydrogen-bond acceptors (Lipinski definition) is 4. The lowest BCUT2D eigenvalue weighted by Gasteiger charge is -2.34. The summed E-state index contributed by atoms with van der Waals surface area (Å²) in [5.74, 6) is -0.930. The molecule has 47 heavy (non-hydrogen) atoms. The molecule has 1 unspecified atom stereocenters. The lowest BCUT2D eigenvalue weighted by molar-refractivity contribution is -0.140. The quantitative estimate of drug-likeness (QED) is 0.137. The zero-order chi connectivity index (χ0) is 34.1. The number of halogens is 2. The van der Waals surface area contributed by atoms with Gasteiger partial charge in [-0.05, 0) is 80.3 Å². The second kappa shape index (κ2) is 16.3. The number of sulfonamides is 1. The first kappa shape index (κ1) is 36.0. The molecule has 4 rings (SSSR count). The highest BCUT2D eigenvalue weighted by Crippen LogP contribution is 2.30. The Hall–Kier alpha value is -3.85. The van der Waals surface area contributed by atoms with Gasteiger partial charge in [-0.1, -0.05) is 96.7 Å². The maximum atomic E-state index is 14.7. The Morgan fingerprint density at radius 2 is 1.43 bits per heavy atom. The predicted octanol–water partition coefficient (Wildman–Crippen LogP) is 7.67. The molecule has 7 nitrogen and oxygen atoms in total. The third-order valence-corrected chi connectivity index (χ3v) is 10.4. The topological polar surface area (TPSA) is 86.8 Å². The fourth-order valence-electron chi connectivity index (χ4n) is 5.37. The lowest BCUT2D eigenvalue weighted by atomic mass is 10.0. The first-order valence-electron chi connectivity index (χ1n) is 15.6. The average Bonchev–Trinajstić information content (AvgIpc) is 3.03. The number of amides is 2. The minimum atomic E-state index is -4.21. The van der Waals surface area contributed by atoms with E-state index in [4.69, 9.17) is 23.2 Å². The van der Waals surface area contributed by atoms with Crippen LogP contribution in [0.4, 0.5) is 5.69 Å². The van der Waals surface area contributed by atoms with E-state index in [1.807, 2.05) is 64.1 Å². The average molecular weight is 695 g/mol. The largest absolute Gasteiger partial charge is 0.354 e. The van der Waals surface area contributed by atoms with Gasteiger partial charge in [0.2, 0.25) is 11.8 Å². The number of rotatable bonds is 14. The molecule has 0 spiro atoms. The molecule has 248 valence electrons. The van der Waals surface area contributed by atoms with Crippen LogP contribution in [0.2, 0.25) is 10.0 Å². The number of benzene rings is 4. The Bertz CT molecular complexity index is 1760. The molecule has 2 amide bonds. The highest BCUT2D eigenvalue weighted by molar-refractivity contribution is 7.92. The molecule has 1 atom stereocenters. The van der Waals surface area contributed by atoms with E-state index >= 15 is 0 Å². The van der Waals surface area contributed by atoms with Crippen LogP contribution in [-0.2, 0) is 32.6 Å². The van der Waals surface area contributed by atoms with E-state index in [2.05, 4.69) is 5.32 Å². The minimum absolute atomic E-state index is 0.0499. The van der Waals surface area contributed by atoms with Crippen molar-refractivity contribution in [1.29, 1.82) is 0 Å². The van der Waals surface area contributed by atoms with Crippen LogP contribution in [0.25, 0.3) is 0 Å². The highest BCUT2D eigenvalue weighted by atomic mass is 35.5. The predicted molar refractivity (Wildman–Crippen MR) is 190 cm³/mol. The zero-order valence-electron chi connectivity index (χ0n) is 27.2. The van der Waals surface area contributed by atoms with Crippen molar-refractivity contribution in [2.45, 2.75) is 64.4 Å². The molecule has 0 aliphatic rings. The molecule has 0 fully saturated rings. The molecule has 0 radical (unpaired) electrons. The third-order valence-electron chi connectivity index (χ3n) is 7.87. The van der Waals surface area contributed by atoms with Crippen molar-refractivity contribution in [1.82, 2.24) is 10.2 Å². The molecule has 4 aromatic rings. The van der Waals surface area contributed by atoms with E-state index in [9.17, 15) is 18.0 Å². The van der Waals surface area contributed by atoms with Crippen molar-refractivity contribution < 1.29 is 18.0 Å². The van der Waals surface area contributed by atoms with Crippen molar-refractivity contribution in [3.8, 4) is 0 Å². The van der Waals surface area contributed by atoms with Gasteiger partial charge in [-0.2, -0.15) is 0 Å². The first-order valence-corrected chi connectivity index (χ1v) is 17.8. The number of nitrogens with one attached hydrogen (secondary N) is 1. The molecule has 0 saturated heterocycles. The van der Waals surface area contributed by atoms with E-state index in [0.29, 0.717) is 27.8 Å². The van der Waals surface area contributed by atoms with E-state index in [0.717, 1.165) is 39.4 Å². The lowest BCUT2D eigenvalue weighted by Crippen LogP contribution is -2.53. The van der Waals surface area contributed by atoms with Gasteiger partial charge in [0.25, 0.3) is 10.0 Å². The van der Waals surface area contributed by atoms with Gasteiger partial charge in [0.1, 0.15) is 12.6 Å². The third kappa shape index (κ3) is 9.37. The Balaban J connectivity index is 1.85. The van der Waals surface area contributed by atoms with Crippen LogP contribution in [0.1, 0.15) is 47.6 Å². The summed E-state index contributed by atoms with van der Waals surface area (Å²) in [6.45, 7) is 7.41. The van der Waals surface area contributed by atoms with Crippen LogP contribution in [0.15, 0.2) is 95.9 Å². The number of nitrogens with zero attached hydrogens (tertiary/aromatic N) is 2. The SMILES string of the molecule is CCCCNC(=O)C(Cc1ccccc1)N(Cc1c(Cl)cccc1Cl)C(=O)CN(c1cc(C)cc(C)c1)S(=O)(=O)c1ccc(C)cc1. The second-order valence-corrected chi connectivity index (χ2v) is 14.4.